The van der Waals surface area contributed by atoms with Crippen LogP contribution in [0.4, 0.5) is 5.13 Å². The summed E-state index contributed by atoms with van der Waals surface area (Å²) in [6.07, 6.45) is 2.79. The van der Waals surface area contributed by atoms with Crippen molar-refractivity contribution in [3.63, 3.8) is 0 Å². The van der Waals surface area contributed by atoms with Crippen LogP contribution in [0.1, 0.15) is 23.1 Å². The Morgan fingerprint density at radius 1 is 1.31 bits per heavy atom. The second kappa shape index (κ2) is 7.30. The number of fused-ring (bicyclic) bond motifs is 1. The van der Waals surface area contributed by atoms with E-state index in [0.29, 0.717) is 11.6 Å². The zero-order chi connectivity index (χ0) is 17.9. The number of likely N-dealkylation sites (N-methyl/N-ethyl adjacent to an activating group) is 1. The van der Waals surface area contributed by atoms with E-state index in [1.54, 1.807) is 16.0 Å². The number of amides is 1. The lowest BCUT2D eigenvalue weighted by Crippen LogP contribution is -2.29. The Labute approximate surface area is 154 Å². The number of carbonyl (C=O) groups is 1. The minimum Gasteiger partial charge on any atom is -0.302 e. The van der Waals surface area contributed by atoms with Crippen LogP contribution in [0.25, 0.3) is 5.69 Å². The molecule has 0 unspecified atom stereocenters. The van der Waals surface area contributed by atoms with Gasteiger partial charge in [0.1, 0.15) is 6.33 Å². The lowest BCUT2D eigenvalue weighted by Gasteiger charge is -2.23. The van der Waals surface area contributed by atoms with Gasteiger partial charge in [0.05, 0.1) is 17.8 Å². The first kappa shape index (κ1) is 16.8. The zero-order valence-corrected chi connectivity index (χ0v) is 15.2. The van der Waals surface area contributed by atoms with Gasteiger partial charge >= 0.3 is 0 Å². The fourth-order valence-electron chi connectivity index (χ4n) is 2.97. The van der Waals surface area contributed by atoms with Gasteiger partial charge in [-0.1, -0.05) is 19.1 Å². The molecule has 0 saturated heterocycles. The second-order valence-corrected chi connectivity index (χ2v) is 7.24. The number of hydrogen-bond acceptors (Lipinski definition) is 7. The second-order valence-electron chi connectivity index (χ2n) is 6.15. The van der Waals surface area contributed by atoms with E-state index in [4.69, 9.17) is 0 Å². The fourth-order valence-corrected chi connectivity index (χ4v) is 4.03. The summed E-state index contributed by atoms with van der Waals surface area (Å²) in [6.45, 7) is 5.17. The van der Waals surface area contributed by atoms with E-state index in [2.05, 4.69) is 37.6 Å². The molecule has 1 aromatic carbocycles. The molecule has 4 rings (SSSR count). The number of tetrazole rings is 1. The van der Waals surface area contributed by atoms with E-state index in [1.165, 1.54) is 11.2 Å². The molecule has 0 radical (unpaired) electrons. The third kappa shape index (κ3) is 3.63. The minimum absolute atomic E-state index is 0.0568. The van der Waals surface area contributed by atoms with Gasteiger partial charge in [0, 0.05) is 24.4 Å². The van der Waals surface area contributed by atoms with Crippen LogP contribution in [0.3, 0.4) is 0 Å². The molecule has 0 saturated carbocycles. The zero-order valence-electron chi connectivity index (χ0n) is 14.4. The summed E-state index contributed by atoms with van der Waals surface area (Å²) >= 11 is 1.58. The summed E-state index contributed by atoms with van der Waals surface area (Å²) in [5, 5.41) is 14.7. The van der Waals surface area contributed by atoms with Gasteiger partial charge in [-0.3, -0.25) is 9.69 Å². The molecule has 1 aliphatic heterocycles. The van der Waals surface area contributed by atoms with Crippen LogP contribution >= 0.6 is 11.3 Å². The molecule has 1 aliphatic rings. The van der Waals surface area contributed by atoms with Crippen molar-refractivity contribution < 1.29 is 4.79 Å². The van der Waals surface area contributed by atoms with Gasteiger partial charge in [-0.05, 0) is 34.7 Å². The third-order valence-electron chi connectivity index (χ3n) is 4.42. The number of rotatable bonds is 5. The van der Waals surface area contributed by atoms with Crippen LogP contribution in [0, 0.1) is 0 Å². The fraction of sp³-hybridized carbons (Fsp3) is 0.353. The van der Waals surface area contributed by atoms with Crippen LogP contribution in [-0.4, -0.2) is 49.1 Å². The maximum absolute atomic E-state index is 12.3. The Morgan fingerprint density at radius 3 is 2.88 bits per heavy atom. The predicted molar refractivity (Wildman–Crippen MR) is 98.3 cm³/mol. The highest BCUT2D eigenvalue weighted by Crippen LogP contribution is 2.28. The summed E-state index contributed by atoms with van der Waals surface area (Å²) in [4.78, 5) is 20.6. The predicted octanol–water partition coefficient (Wildman–Crippen LogP) is 1.68. The Balaban J connectivity index is 1.38. The van der Waals surface area contributed by atoms with Gasteiger partial charge in [-0.25, -0.2) is 9.67 Å². The first-order valence-corrected chi connectivity index (χ1v) is 9.36. The van der Waals surface area contributed by atoms with Crippen LogP contribution in [0.2, 0.25) is 0 Å². The molecule has 2 aromatic heterocycles. The van der Waals surface area contributed by atoms with Crippen molar-refractivity contribution in [2.75, 3.05) is 18.4 Å². The normalized spacial score (nSPS) is 14.2. The number of nitrogens with one attached hydrogen (secondary N) is 1. The summed E-state index contributed by atoms with van der Waals surface area (Å²) in [5.74, 6) is -0.0568. The van der Waals surface area contributed by atoms with Gasteiger partial charge in [-0.15, -0.1) is 16.4 Å². The molecule has 134 valence electrons. The van der Waals surface area contributed by atoms with Crippen molar-refractivity contribution >= 4 is 22.4 Å². The van der Waals surface area contributed by atoms with Crippen molar-refractivity contribution in [2.45, 2.75) is 26.3 Å². The van der Waals surface area contributed by atoms with Gasteiger partial charge in [0.25, 0.3) is 0 Å². The molecule has 0 bridgehead atoms. The van der Waals surface area contributed by atoms with E-state index in [1.807, 2.05) is 24.3 Å². The summed E-state index contributed by atoms with van der Waals surface area (Å²) in [5.41, 5.74) is 2.91. The first-order valence-electron chi connectivity index (χ1n) is 8.54. The molecule has 26 heavy (non-hydrogen) atoms. The van der Waals surface area contributed by atoms with Crippen LogP contribution in [-0.2, 0) is 24.2 Å². The number of hydrogen-bond donors (Lipinski definition) is 1. The number of thiazole rings is 1. The third-order valence-corrected chi connectivity index (χ3v) is 5.42. The highest BCUT2D eigenvalue weighted by Gasteiger charge is 2.20. The number of nitrogens with zero attached hydrogens (tertiary/aromatic N) is 6. The molecular formula is C17H19N7OS. The Bertz CT molecular complexity index is 888. The number of carbonyl (C=O) groups excluding carboxylic acids is 1. The van der Waals surface area contributed by atoms with Crippen LogP contribution < -0.4 is 5.32 Å². The van der Waals surface area contributed by atoms with E-state index in [0.717, 1.165) is 43.0 Å². The molecule has 9 heteroatoms. The molecule has 1 N–H and O–H groups in total. The van der Waals surface area contributed by atoms with Gasteiger partial charge < -0.3 is 5.32 Å². The van der Waals surface area contributed by atoms with Crippen LogP contribution in [0.5, 0.6) is 0 Å². The van der Waals surface area contributed by atoms with Crippen LogP contribution in [0.15, 0.2) is 30.6 Å². The average Bonchev–Trinajstić information content (AvgIpc) is 3.30. The highest BCUT2D eigenvalue weighted by atomic mass is 32.1. The Morgan fingerprint density at radius 2 is 2.15 bits per heavy atom. The molecule has 8 nitrogen and oxygen atoms in total. The van der Waals surface area contributed by atoms with Crippen molar-refractivity contribution in [3.8, 4) is 5.69 Å². The molecule has 3 aromatic rings. The molecular weight excluding hydrogens is 350 g/mol. The Kier molecular flexibility index (Phi) is 4.72. The van der Waals surface area contributed by atoms with Crippen molar-refractivity contribution in [1.29, 1.82) is 0 Å². The van der Waals surface area contributed by atoms with E-state index in [9.17, 15) is 4.79 Å². The number of aromatic nitrogens is 5. The highest BCUT2D eigenvalue weighted by molar-refractivity contribution is 7.15. The quantitative estimate of drug-likeness (QED) is 0.736. The summed E-state index contributed by atoms with van der Waals surface area (Å²) in [6, 6.07) is 7.59. The number of anilines is 1. The molecule has 0 fully saturated rings. The maximum atomic E-state index is 12.3. The summed E-state index contributed by atoms with van der Waals surface area (Å²) in [7, 11) is 0. The summed E-state index contributed by atoms with van der Waals surface area (Å²) < 4.78 is 1.57. The molecule has 0 atom stereocenters. The molecule has 0 spiro atoms. The topological polar surface area (TPSA) is 88.8 Å². The standard InChI is InChI=1S/C17H19N7OS/c1-2-23-8-7-14-15(10-23)26-17(19-14)20-16(25)9-12-3-5-13(6-4-12)24-11-18-21-22-24/h3-6,11H,2,7-10H2,1H3,(H,19,20,25). The lowest BCUT2D eigenvalue weighted by atomic mass is 10.1. The van der Waals surface area contributed by atoms with E-state index >= 15 is 0 Å². The lowest BCUT2D eigenvalue weighted by molar-refractivity contribution is -0.115. The molecule has 1 amide bonds. The Hall–Kier alpha value is -2.65. The first-order chi connectivity index (χ1) is 12.7. The molecule has 3 heterocycles. The van der Waals surface area contributed by atoms with Gasteiger partial charge in [0.15, 0.2) is 5.13 Å². The average molecular weight is 369 g/mol. The van der Waals surface area contributed by atoms with E-state index in [-0.39, 0.29) is 5.91 Å². The van der Waals surface area contributed by atoms with Crippen molar-refractivity contribution in [3.05, 3.63) is 46.7 Å². The maximum Gasteiger partial charge on any atom is 0.230 e. The largest absolute Gasteiger partial charge is 0.302 e. The van der Waals surface area contributed by atoms with Gasteiger partial charge in [-0.2, -0.15) is 0 Å². The smallest absolute Gasteiger partial charge is 0.230 e. The van der Waals surface area contributed by atoms with Gasteiger partial charge in [0.2, 0.25) is 5.91 Å². The van der Waals surface area contributed by atoms with E-state index < -0.39 is 0 Å². The monoisotopic (exact) mass is 369 g/mol. The molecule has 0 aliphatic carbocycles. The van der Waals surface area contributed by atoms with Crippen molar-refractivity contribution in [1.82, 2.24) is 30.1 Å². The number of benzene rings is 1. The minimum atomic E-state index is -0.0568. The SMILES string of the molecule is CCN1CCc2nc(NC(=O)Cc3ccc(-n4cnnn4)cc3)sc2C1. The van der Waals surface area contributed by atoms with Crippen molar-refractivity contribution in [2.24, 2.45) is 0 Å².